The first kappa shape index (κ1) is 25.9. The maximum Gasteiger partial charge on any atom is 0.266 e. The standard InChI is InChI=1S/C27H26N2O7S/c1-32-18-11-9-16(10-12-18)21(30)15-37-27-28-23-20(14-22(34-3)24(35-4)25(23)36-5)26(31)29(27)17-7-6-8-19(13-17)33-2/h6-14H,15H2,1-5H3. The number of benzene rings is 3. The van der Waals surface area contributed by atoms with Gasteiger partial charge in [-0.3, -0.25) is 14.2 Å². The number of aromatic nitrogens is 2. The van der Waals surface area contributed by atoms with E-state index in [0.29, 0.717) is 44.9 Å². The molecular formula is C27H26N2O7S. The number of rotatable bonds is 10. The summed E-state index contributed by atoms with van der Waals surface area (Å²) in [6.45, 7) is 0. The molecule has 0 fully saturated rings. The topological polar surface area (TPSA) is 98.1 Å². The number of ketones is 1. The van der Waals surface area contributed by atoms with Crippen molar-refractivity contribution in [1.29, 1.82) is 0 Å². The van der Waals surface area contributed by atoms with Gasteiger partial charge in [0.15, 0.2) is 22.4 Å². The lowest BCUT2D eigenvalue weighted by Crippen LogP contribution is -2.22. The molecule has 0 unspecified atom stereocenters. The lowest BCUT2D eigenvalue weighted by Gasteiger charge is -2.17. The Bertz CT molecular complexity index is 1500. The second-order valence-electron chi connectivity index (χ2n) is 7.72. The summed E-state index contributed by atoms with van der Waals surface area (Å²) in [5, 5.41) is 0.571. The second kappa shape index (κ2) is 11.3. The first-order valence-corrected chi connectivity index (χ1v) is 12.1. The number of hydrogen-bond donors (Lipinski definition) is 0. The number of thioether (sulfide) groups is 1. The Labute approximate surface area is 217 Å². The van der Waals surface area contributed by atoms with Gasteiger partial charge in [-0.15, -0.1) is 0 Å². The van der Waals surface area contributed by atoms with Crippen LogP contribution in [-0.4, -0.2) is 56.6 Å². The van der Waals surface area contributed by atoms with E-state index in [1.807, 2.05) is 0 Å². The minimum Gasteiger partial charge on any atom is -0.497 e. The van der Waals surface area contributed by atoms with Gasteiger partial charge >= 0.3 is 0 Å². The van der Waals surface area contributed by atoms with Crippen LogP contribution in [-0.2, 0) is 0 Å². The maximum absolute atomic E-state index is 13.9. The fourth-order valence-corrected chi connectivity index (χ4v) is 4.73. The summed E-state index contributed by atoms with van der Waals surface area (Å²) < 4.78 is 28.5. The van der Waals surface area contributed by atoms with Crippen LogP contribution >= 0.6 is 11.8 Å². The predicted molar refractivity (Wildman–Crippen MR) is 142 cm³/mol. The highest BCUT2D eigenvalue weighted by Gasteiger charge is 2.23. The molecule has 0 saturated heterocycles. The van der Waals surface area contributed by atoms with Crippen molar-refractivity contribution in [3.8, 4) is 34.4 Å². The highest BCUT2D eigenvalue weighted by Crippen LogP contribution is 2.42. The molecule has 0 aliphatic carbocycles. The summed E-state index contributed by atoms with van der Waals surface area (Å²) in [4.78, 5) is 31.6. The van der Waals surface area contributed by atoms with Gasteiger partial charge in [-0.1, -0.05) is 17.8 Å². The molecule has 1 heterocycles. The lowest BCUT2D eigenvalue weighted by molar-refractivity contribution is 0.102. The zero-order valence-electron chi connectivity index (χ0n) is 21.1. The monoisotopic (exact) mass is 522 g/mol. The van der Waals surface area contributed by atoms with E-state index in [4.69, 9.17) is 28.7 Å². The molecule has 4 aromatic rings. The summed E-state index contributed by atoms with van der Waals surface area (Å²) in [6.07, 6.45) is 0. The number of fused-ring (bicyclic) bond motifs is 1. The van der Waals surface area contributed by atoms with E-state index >= 15 is 0 Å². The summed E-state index contributed by atoms with van der Waals surface area (Å²) in [7, 11) is 7.53. The number of hydrogen-bond acceptors (Lipinski definition) is 9. The van der Waals surface area contributed by atoms with Crippen LogP contribution in [0.4, 0.5) is 0 Å². The van der Waals surface area contributed by atoms with E-state index in [2.05, 4.69) is 0 Å². The molecule has 1 aromatic heterocycles. The van der Waals surface area contributed by atoms with Gasteiger partial charge in [-0.05, 0) is 42.5 Å². The average Bonchev–Trinajstić information content (AvgIpc) is 2.94. The molecule has 10 heteroatoms. The van der Waals surface area contributed by atoms with Crippen molar-refractivity contribution in [3.05, 3.63) is 70.5 Å². The number of nitrogens with zero attached hydrogens (tertiary/aromatic N) is 2. The van der Waals surface area contributed by atoms with E-state index in [9.17, 15) is 9.59 Å². The van der Waals surface area contributed by atoms with Gasteiger partial charge < -0.3 is 23.7 Å². The highest BCUT2D eigenvalue weighted by molar-refractivity contribution is 7.99. The summed E-state index contributed by atoms with van der Waals surface area (Å²) in [6, 6.07) is 15.5. The fourth-order valence-electron chi connectivity index (χ4n) is 3.83. The van der Waals surface area contributed by atoms with Crippen LogP contribution in [0.5, 0.6) is 28.7 Å². The molecule has 0 aliphatic rings. The quantitative estimate of drug-likeness (QED) is 0.170. The molecule has 4 rings (SSSR count). The van der Waals surface area contributed by atoms with Gasteiger partial charge in [0.05, 0.1) is 52.4 Å². The first-order chi connectivity index (χ1) is 17.9. The van der Waals surface area contributed by atoms with Crippen molar-refractivity contribution in [2.45, 2.75) is 5.16 Å². The Morgan fingerprint density at radius 2 is 1.54 bits per heavy atom. The van der Waals surface area contributed by atoms with Crippen LogP contribution in [0.3, 0.4) is 0 Å². The average molecular weight is 523 g/mol. The van der Waals surface area contributed by atoms with E-state index in [-0.39, 0.29) is 28.2 Å². The molecule has 0 amide bonds. The minimum absolute atomic E-state index is 0.0455. The van der Waals surface area contributed by atoms with Gasteiger partial charge in [-0.25, -0.2) is 4.98 Å². The van der Waals surface area contributed by atoms with Gasteiger partial charge in [0.1, 0.15) is 17.0 Å². The number of carbonyl (C=O) groups is 1. The zero-order chi connectivity index (χ0) is 26.5. The van der Waals surface area contributed by atoms with Gasteiger partial charge in [0.25, 0.3) is 5.56 Å². The van der Waals surface area contributed by atoms with Gasteiger partial charge in [0.2, 0.25) is 5.75 Å². The summed E-state index contributed by atoms with van der Waals surface area (Å²) in [5.74, 6) is 2.05. The Morgan fingerprint density at radius 3 is 2.16 bits per heavy atom. The molecule has 192 valence electrons. The Kier molecular flexibility index (Phi) is 7.88. The van der Waals surface area contributed by atoms with Crippen LogP contribution in [0.2, 0.25) is 0 Å². The molecule has 0 bridgehead atoms. The number of Topliss-reactive ketones (excluding diaryl/α,β-unsaturated/α-hetero) is 1. The first-order valence-electron chi connectivity index (χ1n) is 11.2. The van der Waals surface area contributed by atoms with Gasteiger partial charge in [-0.2, -0.15) is 0 Å². The number of methoxy groups -OCH3 is 5. The fraction of sp³-hybridized carbons (Fsp3) is 0.222. The molecular weight excluding hydrogens is 496 g/mol. The number of carbonyl (C=O) groups excluding carboxylic acids is 1. The van der Waals surface area contributed by atoms with Crippen molar-refractivity contribution in [2.75, 3.05) is 41.3 Å². The van der Waals surface area contributed by atoms with Crippen molar-refractivity contribution >= 4 is 28.4 Å². The Balaban J connectivity index is 1.88. The normalized spacial score (nSPS) is 10.7. The van der Waals surface area contributed by atoms with Crippen LogP contribution in [0, 0.1) is 0 Å². The SMILES string of the molecule is COc1ccc(C(=O)CSc2nc3c(OC)c(OC)c(OC)cc3c(=O)n2-c2cccc(OC)c2)cc1. The third-order valence-corrected chi connectivity index (χ3v) is 6.63. The van der Waals surface area contributed by atoms with E-state index < -0.39 is 0 Å². The van der Waals surface area contributed by atoms with Crippen molar-refractivity contribution in [3.63, 3.8) is 0 Å². The molecule has 0 N–H and O–H groups in total. The zero-order valence-corrected chi connectivity index (χ0v) is 21.9. The summed E-state index contributed by atoms with van der Waals surface area (Å²) >= 11 is 1.14. The van der Waals surface area contributed by atoms with Crippen LogP contribution < -0.4 is 29.2 Å². The third-order valence-electron chi connectivity index (χ3n) is 5.69. The molecule has 37 heavy (non-hydrogen) atoms. The van der Waals surface area contributed by atoms with Crippen molar-refractivity contribution < 1.29 is 28.5 Å². The molecule has 3 aromatic carbocycles. The van der Waals surface area contributed by atoms with Gasteiger partial charge in [0, 0.05) is 11.6 Å². The predicted octanol–water partition coefficient (Wildman–Crippen LogP) is 4.40. The second-order valence-corrected chi connectivity index (χ2v) is 8.66. The van der Waals surface area contributed by atoms with Crippen LogP contribution in [0.1, 0.15) is 10.4 Å². The molecule has 0 spiro atoms. The van der Waals surface area contributed by atoms with Crippen LogP contribution in [0.15, 0.2) is 64.5 Å². The molecule has 0 aliphatic heterocycles. The smallest absolute Gasteiger partial charge is 0.266 e. The van der Waals surface area contributed by atoms with Crippen LogP contribution in [0.25, 0.3) is 16.6 Å². The maximum atomic E-state index is 13.9. The molecule has 0 saturated carbocycles. The van der Waals surface area contributed by atoms with Crippen molar-refractivity contribution in [1.82, 2.24) is 9.55 Å². The summed E-state index contributed by atoms with van der Waals surface area (Å²) in [5.41, 5.74) is 0.987. The van der Waals surface area contributed by atoms with E-state index in [1.54, 1.807) is 68.8 Å². The highest BCUT2D eigenvalue weighted by atomic mass is 32.2. The van der Waals surface area contributed by atoms with E-state index in [0.717, 1.165) is 11.8 Å². The third kappa shape index (κ3) is 5.05. The molecule has 9 nitrogen and oxygen atoms in total. The van der Waals surface area contributed by atoms with E-state index in [1.165, 1.54) is 25.9 Å². The molecule has 0 radical (unpaired) electrons. The Morgan fingerprint density at radius 1 is 0.838 bits per heavy atom. The lowest BCUT2D eigenvalue weighted by atomic mass is 10.1. The van der Waals surface area contributed by atoms with Crippen molar-refractivity contribution in [2.24, 2.45) is 0 Å². The Hall–Kier alpha value is -4.18. The molecule has 0 atom stereocenters. The minimum atomic E-state index is -0.364. The largest absolute Gasteiger partial charge is 0.497 e. The number of ether oxygens (including phenoxy) is 5.